The molecule has 2 aromatic heterocycles. The van der Waals surface area contributed by atoms with Gasteiger partial charge in [-0.05, 0) is 98.2 Å². The smallest absolute Gasteiger partial charge is 0.293 e. The number of carbonyl (C=O) groups excluding carboxylic acids is 2. The van der Waals surface area contributed by atoms with E-state index in [0.29, 0.717) is 38.1 Å². The van der Waals surface area contributed by atoms with Crippen LogP contribution >= 0.6 is 0 Å². The Morgan fingerprint density at radius 3 is 2.71 bits per heavy atom. The van der Waals surface area contributed by atoms with Crippen molar-refractivity contribution in [1.82, 2.24) is 24.7 Å². The molecule has 1 saturated heterocycles. The number of nitriles is 1. The van der Waals surface area contributed by atoms with Crippen molar-refractivity contribution in [2.75, 3.05) is 32.6 Å². The first-order chi connectivity index (χ1) is 25.0. The molecule has 3 unspecified atom stereocenters. The molecule has 2 aromatic carbocycles. The lowest BCUT2D eigenvalue weighted by atomic mass is 9.84. The van der Waals surface area contributed by atoms with Crippen LogP contribution in [0.15, 0.2) is 54.7 Å². The molecule has 1 amide bonds. The second kappa shape index (κ2) is 17.3. The van der Waals surface area contributed by atoms with Crippen LogP contribution in [0, 0.1) is 16.7 Å². The molecule has 0 spiro atoms. The number of nitrogens with zero attached hydrogens (tertiary/aromatic N) is 4. The van der Waals surface area contributed by atoms with E-state index in [0.717, 1.165) is 57.4 Å². The van der Waals surface area contributed by atoms with E-state index in [4.69, 9.17) is 19.7 Å². The van der Waals surface area contributed by atoms with Crippen LogP contribution in [0.1, 0.15) is 63.5 Å². The highest BCUT2D eigenvalue weighted by atomic mass is 32.2. The average Bonchev–Trinajstić information content (AvgIpc) is 3.44. The first-order valence-corrected chi connectivity index (χ1v) is 18.9. The van der Waals surface area contributed by atoms with E-state index < -0.39 is 22.4 Å². The van der Waals surface area contributed by atoms with Gasteiger partial charge in [-0.25, -0.2) is 14.4 Å². The topological polar surface area (TPSA) is 159 Å². The van der Waals surface area contributed by atoms with Crippen LogP contribution in [-0.2, 0) is 49.4 Å². The summed E-state index contributed by atoms with van der Waals surface area (Å²) < 4.78 is 28.8. The molecule has 1 aliphatic heterocycles. The zero-order valence-electron chi connectivity index (χ0n) is 30.5. The first-order valence-electron chi connectivity index (χ1n) is 17.6. The number of methoxy groups -OCH3 is 1. The van der Waals surface area contributed by atoms with Gasteiger partial charge in [0.2, 0.25) is 0 Å². The van der Waals surface area contributed by atoms with Gasteiger partial charge >= 0.3 is 0 Å². The van der Waals surface area contributed by atoms with Gasteiger partial charge in [-0.1, -0.05) is 26.0 Å². The number of amides is 1. The van der Waals surface area contributed by atoms with Crippen molar-refractivity contribution in [2.45, 2.75) is 72.1 Å². The molecule has 12 nitrogen and oxygen atoms in total. The van der Waals surface area contributed by atoms with E-state index in [-0.39, 0.29) is 36.5 Å². The van der Waals surface area contributed by atoms with Crippen molar-refractivity contribution in [2.24, 2.45) is 5.41 Å². The number of benzene rings is 2. The van der Waals surface area contributed by atoms with Crippen molar-refractivity contribution in [3.05, 3.63) is 71.5 Å². The Hall–Kier alpha value is -4.61. The van der Waals surface area contributed by atoms with Gasteiger partial charge < -0.3 is 19.1 Å². The number of fused-ring (bicyclic) bond motifs is 1. The highest BCUT2D eigenvalue weighted by Crippen LogP contribution is 2.42. The maximum absolute atomic E-state index is 13.6. The van der Waals surface area contributed by atoms with Gasteiger partial charge in [0.05, 0.1) is 30.2 Å². The third-order valence-corrected chi connectivity index (χ3v) is 10.3. The maximum atomic E-state index is 13.6. The second-order valence-corrected chi connectivity index (χ2v) is 15.1. The largest absolute Gasteiger partial charge is 0.508 e. The molecule has 0 aliphatic carbocycles. The number of ether oxygens (including phenoxy) is 2. The molecule has 0 saturated carbocycles. The number of carbonyl (C=O) groups is 2. The van der Waals surface area contributed by atoms with Gasteiger partial charge in [0.25, 0.3) is 12.4 Å². The number of pyridine rings is 1. The number of aryl methyl sites for hydroxylation is 1. The number of phenols is 1. The maximum Gasteiger partial charge on any atom is 0.293 e. The summed E-state index contributed by atoms with van der Waals surface area (Å²) in [7, 11) is -0.0728. The molecule has 1 fully saturated rings. The Morgan fingerprint density at radius 1 is 1.21 bits per heavy atom. The quantitative estimate of drug-likeness (QED) is 0.129. The molecule has 5 rings (SSSR count). The Morgan fingerprint density at radius 2 is 2.02 bits per heavy atom. The molecular weight excluding hydrogens is 681 g/mol. The minimum atomic E-state index is -1.74. The minimum Gasteiger partial charge on any atom is -0.508 e. The lowest BCUT2D eigenvalue weighted by Crippen LogP contribution is -2.55. The molecule has 0 bridgehead atoms. The summed E-state index contributed by atoms with van der Waals surface area (Å²) in [5.74, 6) is -0.498. The van der Waals surface area contributed by atoms with Crippen molar-refractivity contribution in [3.8, 4) is 34.2 Å². The molecule has 52 heavy (non-hydrogen) atoms. The van der Waals surface area contributed by atoms with Crippen LogP contribution in [0.2, 0.25) is 0 Å². The van der Waals surface area contributed by atoms with Crippen molar-refractivity contribution in [3.63, 3.8) is 0 Å². The molecular formula is C39H48N6O6S. The van der Waals surface area contributed by atoms with E-state index in [1.807, 2.05) is 31.2 Å². The predicted molar refractivity (Wildman–Crippen MR) is 201 cm³/mol. The van der Waals surface area contributed by atoms with Gasteiger partial charge in [-0.15, -0.1) is 0 Å². The Balaban J connectivity index is 1.62. The standard InChI is InChI=1S/C39H48N6O6S/c1-6-44-35-12-11-28(22-32(35)33(23-39(3,4)24-51-25-46)37(44)31-10-9-14-41-36(31)26(2)50-5)29-18-27(19-30(47)21-29)20-34(43-52(49)17-13-40)38(48)45-16-8-7-15-42-45/h9-12,14,18-19,21-22,25-26,34,42-43,47H,6-8,15-17,20,23-24H2,1-5H3. The van der Waals surface area contributed by atoms with Gasteiger partial charge in [-0.2, -0.15) is 5.26 Å². The van der Waals surface area contributed by atoms with E-state index in [1.54, 1.807) is 30.4 Å². The van der Waals surface area contributed by atoms with Gasteiger partial charge in [-0.3, -0.25) is 19.6 Å². The SMILES string of the molecule is CCn1c(-c2cccnc2C(C)OC)c(CC(C)(C)COC=O)c2cc(-c3cc(O)cc(CC(NS(=O)CC#N)C(=O)N4CCCCN4)c3)ccc21. The van der Waals surface area contributed by atoms with Crippen molar-refractivity contribution < 1.29 is 28.4 Å². The van der Waals surface area contributed by atoms with Gasteiger partial charge in [0.15, 0.2) is 0 Å². The molecule has 276 valence electrons. The summed E-state index contributed by atoms with van der Waals surface area (Å²) in [6.45, 7) is 10.8. The predicted octanol–water partition coefficient (Wildman–Crippen LogP) is 5.36. The summed E-state index contributed by atoms with van der Waals surface area (Å²) in [5, 5.41) is 22.6. The highest BCUT2D eigenvalue weighted by Gasteiger charge is 2.30. The summed E-state index contributed by atoms with van der Waals surface area (Å²) >= 11 is 0. The Kier molecular flexibility index (Phi) is 12.8. The average molecular weight is 729 g/mol. The summed E-state index contributed by atoms with van der Waals surface area (Å²) in [5.41, 5.74) is 9.85. The van der Waals surface area contributed by atoms with E-state index in [1.165, 1.54) is 0 Å². The zero-order chi connectivity index (χ0) is 37.4. The number of aromatic nitrogens is 2. The fourth-order valence-corrected chi connectivity index (χ4v) is 7.66. The van der Waals surface area contributed by atoms with Crippen LogP contribution in [0.25, 0.3) is 33.3 Å². The number of hydrogen-bond donors (Lipinski definition) is 3. The summed E-state index contributed by atoms with van der Waals surface area (Å²) in [6, 6.07) is 16.4. The number of nitrogens with one attached hydrogen (secondary N) is 2. The number of rotatable bonds is 16. The molecule has 4 aromatic rings. The first kappa shape index (κ1) is 38.6. The fourth-order valence-electron chi connectivity index (χ4n) is 6.96. The molecule has 0 radical (unpaired) electrons. The molecule has 13 heteroatoms. The summed E-state index contributed by atoms with van der Waals surface area (Å²) in [4.78, 5) is 29.5. The van der Waals surface area contributed by atoms with Crippen molar-refractivity contribution in [1.29, 1.82) is 5.26 Å². The van der Waals surface area contributed by atoms with Crippen LogP contribution < -0.4 is 10.1 Å². The normalized spacial score (nSPS) is 15.2. The zero-order valence-corrected chi connectivity index (χ0v) is 31.3. The van der Waals surface area contributed by atoms with E-state index in [9.17, 15) is 18.9 Å². The van der Waals surface area contributed by atoms with Gasteiger partial charge in [0.1, 0.15) is 28.5 Å². The number of phenolic OH excluding ortho intramolecular Hbond substituents is 1. The Labute approximate surface area is 307 Å². The fraction of sp³-hybridized carbons (Fsp3) is 0.436. The number of hydrazine groups is 1. The second-order valence-electron chi connectivity index (χ2n) is 13.9. The lowest BCUT2D eigenvalue weighted by Gasteiger charge is -2.31. The van der Waals surface area contributed by atoms with E-state index in [2.05, 4.69) is 53.7 Å². The van der Waals surface area contributed by atoms with E-state index >= 15 is 0 Å². The monoisotopic (exact) mass is 728 g/mol. The minimum absolute atomic E-state index is 0.0285. The van der Waals surface area contributed by atoms with Crippen LogP contribution in [0.3, 0.4) is 0 Å². The Bertz CT molecular complexity index is 1960. The highest BCUT2D eigenvalue weighted by molar-refractivity contribution is 7.83. The molecule has 3 atom stereocenters. The third-order valence-electron chi connectivity index (χ3n) is 9.41. The van der Waals surface area contributed by atoms with Crippen LogP contribution in [-0.4, -0.2) is 74.9 Å². The van der Waals surface area contributed by atoms with Crippen LogP contribution in [0.4, 0.5) is 0 Å². The number of aromatic hydroxyl groups is 1. The number of hydrogen-bond acceptors (Lipinski definition) is 9. The van der Waals surface area contributed by atoms with Crippen molar-refractivity contribution >= 4 is 34.3 Å². The molecule has 3 heterocycles. The molecule has 1 aliphatic rings. The van der Waals surface area contributed by atoms with Crippen LogP contribution in [0.5, 0.6) is 5.75 Å². The summed E-state index contributed by atoms with van der Waals surface area (Å²) in [6.07, 6.45) is 4.05. The third kappa shape index (κ3) is 8.87. The van der Waals surface area contributed by atoms with Gasteiger partial charge in [0, 0.05) is 54.8 Å². The lowest BCUT2D eigenvalue weighted by molar-refractivity contribution is -0.137. The molecule has 3 N–H and O–H groups in total.